The Bertz CT molecular complexity index is 856. The highest BCUT2D eigenvalue weighted by molar-refractivity contribution is 6.31. The van der Waals surface area contributed by atoms with Gasteiger partial charge in [-0.2, -0.15) is 0 Å². The second-order valence-electron chi connectivity index (χ2n) is 6.22. The fraction of sp³-hybridized carbons (Fsp3) is 0.300. The number of likely N-dealkylation sites (N-methyl/N-ethyl adjacent to an activating group) is 1. The third-order valence-electron chi connectivity index (χ3n) is 4.29. The first-order valence-corrected chi connectivity index (χ1v) is 9.09. The van der Waals surface area contributed by atoms with Gasteiger partial charge in [0.25, 0.3) is 5.91 Å². The zero-order chi connectivity index (χ0) is 19.4. The number of nitrogens with zero attached hydrogens (tertiary/aromatic N) is 1. The average molecular weight is 389 g/mol. The predicted molar refractivity (Wildman–Crippen MR) is 103 cm³/mol. The van der Waals surface area contributed by atoms with Crippen LogP contribution in [0.3, 0.4) is 0 Å². The van der Waals surface area contributed by atoms with Crippen molar-refractivity contribution in [3.63, 3.8) is 0 Å². The maximum absolute atomic E-state index is 12.8. The van der Waals surface area contributed by atoms with Crippen LogP contribution in [0, 0.1) is 6.92 Å². The number of aryl methyl sites for hydroxylation is 1. The fourth-order valence-electron chi connectivity index (χ4n) is 2.78. The van der Waals surface area contributed by atoms with Gasteiger partial charge in [-0.15, -0.1) is 0 Å². The summed E-state index contributed by atoms with van der Waals surface area (Å²) in [6.07, 6.45) is -0.777. The van der Waals surface area contributed by atoms with Gasteiger partial charge in [-0.3, -0.25) is 9.59 Å². The number of hydrogen-bond acceptors (Lipinski definition) is 4. The molecule has 1 aliphatic heterocycles. The molecule has 1 heterocycles. The van der Waals surface area contributed by atoms with E-state index in [9.17, 15) is 9.59 Å². The van der Waals surface area contributed by atoms with Crippen molar-refractivity contribution >= 4 is 29.1 Å². The van der Waals surface area contributed by atoms with Crippen molar-refractivity contribution < 1.29 is 19.1 Å². The summed E-state index contributed by atoms with van der Waals surface area (Å²) in [6.45, 7) is 4.10. The largest absolute Gasteiger partial charge is 0.485 e. The molecular formula is C20H21ClN2O4. The number of halogens is 1. The first kappa shape index (κ1) is 19.0. The van der Waals surface area contributed by atoms with Gasteiger partial charge in [0, 0.05) is 17.3 Å². The number of rotatable bonds is 5. The van der Waals surface area contributed by atoms with E-state index in [0.717, 1.165) is 5.56 Å². The molecule has 3 rings (SSSR count). The quantitative estimate of drug-likeness (QED) is 0.853. The molecular weight excluding hydrogens is 368 g/mol. The van der Waals surface area contributed by atoms with Crippen LogP contribution in [0.4, 0.5) is 5.69 Å². The number of nitrogens with one attached hydrogen (secondary N) is 1. The first-order valence-electron chi connectivity index (χ1n) is 8.71. The molecule has 6 nitrogen and oxygen atoms in total. The zero-order valence-electron chi connectivity index (χ0n) is 15.2. The molecule has 27 heavy (non-hydrogen) atoms. The number of benzene rings is 2. The molecule has 0 aliphatic carbocycles. The number of anilines is 1. The lowest BCUT2D eigenvalue weighted by Gasteiger charge is -2.30. The summed E-state index contributed by atoms with van der Waals surface area (Å²) >= 11 is 5.98. The van der Waals surface area contributed by atoms with E-state index in [-0.39, 0.29) is 25.0 Å². The molecule has 0 radical (unpaired) electrons. The van der Waals surface area contributed by atoms with Gasteiger partial charge in [-0.25, -0.2) is 0 Å². The Kier molecular flexibility index (Phi) is 5.86. The molecule has 142 valence electrons. The van der Waals surface area contributed by atoms with Gasteiger partial charge < -0.3 is 19.7 Å². The Morgan fingerprint density at radius 3 is 2.70 bits per heavy atom. The van der Waals surface area contributed by atoms with Gasteiger partial charge in [0.15, 0.2) is 11.5 Å². The van der Waals surface area contributed by atoms with Crippen molar-refractivity contribution in [1.82, 2.24) is 4.90 Å². The summed E-state index contributed by atoms with van der Waals surface area (Å²) in [7, 11) is 0. The Morgan fingerprint density at radius 2 is 1.96 bits per heavy atom. The van der Waals surface area contributed by atoms with E-state index in [0.29, 0.717) is 28.8 Å². The Labute approximate surface area is 163 Å². The van der Waals surface area contributed by atoms with E-state index < -0.39 is 6.10 Å². The van der Waals surface area contributed by atoms with Crippen LogP contribution in [0.1, 0.15) is 12.5 Å². The van der Waals surface area contributed by atoms with Crippen molar-refractivity contribution in [3.05, 3.63) is 53.1 Å². The number of ether oxygens (including phenoxy) is 2. The molecule has 0 fully saturated rings. The Hall–Kier alpha value is -2.73. The molecule has 2 amide bonds. The Balaban J connectivity index is 1.63. The highest BCUT2D eigenvalue weighted by atomic mass is 35.5. The summed E-state index contributed by atoms with van der Waals surface area (Å²) in [5, 5.41) is 3.33. The van der Waals surface area contributed by atoms with Gasteiger partial charge in [-0.05, 0) is 43.7 Å². The molecule has 7 heteroatoms. The molecule has 1 N–H and O–H groups in total. The van der Waals surface area contributed by atoms with Gasteiger partial charge in [0.2, 0.25) is 12.0 Å². The minimum absolute atomic E-state index is 0.0806. The van der Waals surface area contributed by atoms with Crippen LogP contribution < -0.4 is 14.8 Å². The normalized spacial score (nSPS) is 15.1. The summed E-state index contributed by atoms with van der Waals surface area (Å²) in [4.78, 5) is 26.6. The predicted octanol–water partition coefficient (Wildman–Crippen LogP) is 3.28. The SMILES string of the molecule is CCN(CC(=O)Nc1cc(Cl)ccc1C)C(=O)[C@H]1COc2ccccc2O1. The lowest BCUT2D eigenvalue weighted by atomic mass is 10.2. The molecule has 0 unspecified atom stereocenters. The molecule has 2 aromatic rings. The number of amides is 2. The number of para-hydroxylation sites is 2. The van der Waals surface area contributed by atoms with E-state index in [1.165, 1.54) is 4.90 Å². The van der Waals surface area contributed by atoms with Gasteiger partial charge >= 0.3 is 0 Å². The first-order chi connectivity index (χ1) is 13.0. The molecule has 2 aromatic carbocycles. The molecule has 0 saturated heterocycles. The number of carbonyl (C=O) groups is 2. The third kappa shape index (κ3) is 4.52. The summed E-state index contributed by atoms with van der Waals surface area (Å²) in [5.41, 5.74) is 1.52. The molecule has 1 aliphatic rings. The maximum Gasteiger partial charge on any atom is 0.267 e. The van der Waals surface area contributed by atoms with E-state index in [1.54, 1.807) is 24.3 Å². The summed E-state index contributed by atoms with van der Waals surface area (Å²) in [5.74, 6) is 0.550. The van der Waals surface area contributed by atoms with Crippen LogP contribution in [-0.2, 0) is 9.59 Å². The average Bonchev–Trinajstić information content (AvgIpc) is 2.68. The lowest BCUT2D eigenvalue weighted by Crippen LogP contribution is -2.48. The van der Waals surface area contributed by atoms with E-state index >= 15 is 0 Å². The zero-order valence-corrected chi connectivity index (χ0v) is 16.0. The second-order valence-corrected chi connectivity index (χ2v) is 6.66. The molecule has 0 spiro atoms. The fourth-order valence-corrected chi connectivity index (χ4v) is 2.95. The van der Waals surface area contributed by atoms with E-state index in [4.69, 9.17) is 21.1 Å². The van der Waals surface area contributed by atoms with Crippen LogP contribution in [0.2, 0.25) is 5.02 Å². The number of hydrogen-bond donors (Lipinski definition) is 1. The minimum Gasteiger partial charge on any atom is -0.485 e. The minimum atomic E-state index is -0.777. The van der Waals surface area contributed by atoms with Gasteiger partial charge in [0.05, 0.1) is 6.54 Å². The van der Waals surface area contributed by atoms with Crippen LogP contribution in [0.5, 0.6) is 11.5 Å². The van der Waals surface area contributed by atoms with Crippen molar-refractivity contribution in [2.24, 2.45) is 0 Å². The van der Waals surface area contributed by atoms with Crippen LogP contribution in [0.25, 0.3) is 0 Å². The highest BCUT2D eigenvalue weighted by Gasteiger charge is 2.31. The van der Waals surface area contributed by atoms with Crippen molar-refractivity contribution in [2.45, 2.75) is 20.0 Å². The molecule has 0 aromatic heterocycles. The smallest absolute Gasteiger partial charge is 0.267 e. The molecule has 1 atom stereocenters. The summed E-state index contributed by atoms with van der Waals surface area (Å²) < 4.78 is 11.3. The van der Waals surface area contributed by atoms with Crippen LogP contribution >= 0.6 is 11.6 Å². The standard InChI is InChI=1S/C20H21ClN2O4/c1-3-23(11-19(24)22-15-10-14(21)9-8-13(15)2)20(25)18-12-26-16-6-4-5-7-17(16)27-18/h4-10,18H,3,11-12H2,1-2H3,(H,22,24)/t18-/m1/s1. The molecule has 0 saturated carbocycles. The van der Waals surface area contributed by atoms with Gasteiger partial charge in [-0.1, -0.05) is 29.8 Å². The van der Waals surface area contributed by atoms with Crippen molar-refractivity contribution in [2.75, 3.05) is 25.0 Å². The van der Waals surface area contributed by atoms with E-state index in [1.807, 2.05) is 32.0 Å². The number of carbonyl (C=O) groups excluding carboxylic acids is 2. The van der Waals surface area contributed by atoms with Crippen molar-refractivity contribution in [1.29, 1.82) is 0 Å². The topological polar surface area (TPSA) is 67.9 Å². The van der Waals surface area contributed by atoms with E-state index in [2.05, 4.69) is 5.32 Å². The lowest BCUT2D eigenvalue weighted by molar-refractivity contribution is -0.143. The summed E-state index contributed by atoms with van der Waals surface area (Å²) in [6, 6.07) is 12.5. The maximum atomic E-state index is 12.8. The highest BCUT2D eigenvalue weighted by Crippen LogP contribution is 2.31. The number of fused-ring (bicyclic) bond motifs is 1. The second kappa shape index (κ2) is 8.31. The monoisotopic (exact) mass is 388 g/mol. The van der Waals surface area contributed by atoms with Crippen LogP contribution in [-0.4, -0.2) is 42.5 Å². The third-order valence-corrected chi connectivity index (χ3v) is 4.52. The Morgan fingerprint density at radius 1 is 1.22 bits per heavy atom. The van der Waals surface area contributed by atoms with Crippen LogP contribution in [0.15, 0.2) is 42.5 Å². The van der Waals surface area contributed by atoms with Gasteiger partial charge in [0.1, 0.15) is 6.61 Å². The van der Waals surface area contributed by atoms with Crippen molar-refractivity contribution in [3.8, 4) is 11.5 Å². The molecule has 0 bridgehead atoms.